The number of carbonyl (C=O) groups is 1. The number of nitrogens with zero attached hydrogens (tertiary/aromatic N) is 2. The van der Waals surface area contributed by atoms with Crippen LogP contribution >= 0.6 is 0 Å². The summed E-state index contributed by atoms with van der Waals surface area (Å²) in [6.07, 6.45) is 6.38. The predicted octanol–water partition coefficient (Wildman–Crippen LogP) is 3.36. The second-order valence-corrected chi connectivity index (χ2v) is 4.90. The van der Waals surface area contributed by atoms with Gasteiger partial charge in [-0.15, -0.1) is 0 Å². The normalized spacial score (nSPS) is 11.2. The SMILES string of the molecule is COc1ccc2[nH]cc(C(=O)/C(C#N)=C/c3cccnc3)c2c1. The highest BCUT2D eigenvalue weighted by Gasteiger charge is 2.17. The van der Waals surface area contributed by atoms with E-state index in [2.05, 4.69) is 9.97 Å². The molecule has 2 heterocycles. The van der Waals surface area contributed by atoms with Crippen molar-refractivity contribution < 1.29 is 9.53 Å². The molecule has 0 unspecified atom stereocenters. The van der Waals surface area contributed by atoms with E-state index in [1.54, 1.807) is 43.9 Å². The number of ketones is 1. The van der Waals surface area contributed by atoms with E-state index in [-0.39, 0.29) is 11.4 Å². The summed E-state index contributed by atoms with van der Waals surface area (Å²) < 4.78 is 5.20. The maximum Gasteiger partial charge on any atom is 0.205 e. The summed E-state index contributed by atoms with van der Waals surface area (Å²) in [5, 5.41) is 10.1. The number of ether oxygens (including phenoxy) is 1. The third-order valence-electron chi connectivity index (χ3n) is 3.49. The third-order valence-corrected chi connectivity index (χ3v) is 3.49. The number of fused-ring (bicyclic) bond motifs is 1. The van der Waals surface area contributed by atoms with Crippen LogP contribution in [0.25, 0.3) is 17.0 Å². The monoisotopic (exact) mass is 303 g/mol. The van der Waals surface area contributed by atoms with Crippen LogP contribution in [0.15, 0.2) is 54.5 Å². The number of methoxy groups -OCH3 is 1. The van der Waals surface area contributed by atoms with E-state index < -0.39 is 0 Å². The van der Waals surface area contributed by atoms with Crippen LogP contribution < -0.4 is 4.74 Å². The fourth-order valence-electron chi connectivity index (χ4n) is 2.34. The molecule has 0 saturated heterocycles. The van der Waals surface area contributed by atoms with Crippen LogP contribution in [0.3, 0.4) is 0 Å². The van der Waals surface area contributed by atoms with Crippen molar-refractivity contribution in [2.24, 2.45) is 0 Å². The summed E-state index contributed by atoms with van der Waals surface area (Å²) in [5.74, 6) is 0.316. The molecule has 2 aromatic heterocycles. The molecule has 5 heteroatoms. The van der Waals surface area contributed by atoms with Crippen molar-refractivity contribution in [3.63, 3.8) is 0 Å². The molecular weight excluding hydrogens is 290 g/mol. The van der Waals surface area contributed by atoms with Crippen molar-refractivity contribution in [3.8, 4) is 11.8 Å². The highest BCUT2D eigenvalue weighted by molar-refractivity contribution is 6.20. The molecule has 1 aromatic carbocycles. The minimum atomic E-state index is -0.337. The molecule has 3 aromatic rings. The Labute approximate surface area is 132 Å². The average molecular weight is 303 g/mol. The number of Topliss-reactive ketones (excluding diaryl/α,β-unsaturated/α-hetero) is 1. The van der Waals surface area contributed by atoms with Crippen LogP contribution in [0.2, 0.25) is 0 Å². The van der Waals surface area contributed by atoms with Crippen LogP contribution in [-0.2, 0) is 0 Å². The molecule has 0 atom stereocenters. The number of nitrogens with one attached hydrogen (secondary N) is 1. The van der Waals surface area contributed by atoms with Crippen LogP contribution in [0, 0.1) is 11.3 Å². The topological polar surface area (TPSA) is 78.8 Å². The first-order valence-corrected chi connectivity index (χ1v) is 6.94. The van der Waals surface area contributed by atoms with Crippen LogP contribution in [0.4, 0.5) is 0 Å². The zero-order valence-corrected chi connectivity index (χ0v) is 12.4. The van der Waals surface area contributed by atoms with Gasteiger partial charge in [-0.05, 0) is 35.9 Å². The number of carbonyl (C=O) groups excluding carboxylic acids is 1. The first-order chi connectivity index (χ1) is 11.2. The van der Waals surface area contributed by atoms with Gasteiger partial charge in [-0.25, -0.2) is 0 Å². The molecular formula is C18H13N3O2. The van der Waals surface area contributed by atoms with Gasteiger partial charge in [0.15, 0.2) is 0 Å². The van der Waals surface area contributed by atoms with Gasteiger partial charge >= 0.3 is 0 Å². The van der Waals surface area contributed by atoms with Gasteiger partial charge in [0.2, 0.25) is 5.78 Å². The summed E-state index contributed by atoms with van der Waals surface area (Å²) >= 11 is 0. The average Bonchev–Trinajstić information content (AvgIpc) is 3.03. The largest absolute Gasteiger partial charge is 0.497 e. The van der Waals surface area contributed by atoms with Crippen molar-refractivity contribution in [3.05, 3.63) is 65.6 Å². The van der Waals surface area contributed by atoms with Gasteiger partial charge in [-0.1, -0.05) is 6.07 Å². The van der Waals surface area contributed by atoms with Gasteiger partial charge in [0.25, 0.3) is 0 Å². The number of allylic oxidation sites excluding steroid dienone is 1. The molecule has 0 bridgehead atoms. The Balaban J connectivity index is 2.05. The van der Waals surface area contributed by atoms with Gasteiger partial charge in [0.05, 0.1) is 7.11 Å². The fraction of sp³-hybridized carbons (Fsp3) is 0.0556. The minimum absolute atomic E-state index is 0.0571. The first-order valence-electron chi connectivity index (χ1n) is 6.94. The van der Waals surface area contributed by atoms with Crippen molar-refractivity contribution in [2.75, 3.05) is 7.11 Å². The van der Waals surface area contributed by atoms with E-state index in [1.807, 2.05) is 18.2 Å². The molecule has 0 saturated carbocycles. The number of pyridine rings is 1. The van der Waals surface area contributed by atoms with Crippen molar-refractivity contribution in [1.29, 1.82) is 5.26 Å². The fourth-order valence-corrected chi connectivity index (χ4v) is 2.34. The standard InChI is InChI=1S/C18H13N3O2/c1-23-14-4-5-17-15(8-14)16(11-21-17)18(22)13(9-19)7-12-3-2-6-20-10-12/h2-8,10-11,21H,1H3/b13-7+. The van der Waals surface area contributed by atoms with Crippen LogP contribution in [0.1, 0.15) is 15.9 Å². The zero-order valence-electron chi connectivity index (χ0n) is 12.4. The van der Waals surface area contributed by atoms with Gasteiger partial charge in [0, 0.05) is 35.1 Å². The van der Waals surface area contributed by atoms with Crippen molar-refractivity contribution in [1.82, 2.24) is 9.97 Å². The number of hydrogen-bond acceptors (Lipinski definition) is 4. The lowest BCUT2D eigenvalue weighted by Crippen LogP contribution is -2.01. The lowest BCUT2D eigenvalue weighted by atomic mass is 10.0. The maximum absolute atomic E-state index is 12.7. The quantitative estimate of drug-likeness (QED) is 0.455. The number of H-pyrrole nitrogens is 1. The molecule has 1 N–H and O–H groups in total. The summed E-state index contributed by atoms with van der Waals surface area (Å²) in [6, 6.07) is 10.9. The van der Waals surface area contributed by atoms with E-state index in [9.17, 15) is 10.1 Å². The molecule has 23 heavy (non-hydrogen) atoms. The third kappa shape index (κ3) is 2.83. The Morgan fingerprint density at radius 2 is 2.26 bits per heavy atom. The number of benzene rings is 1. The van der Waals surface area contributed by atoms with Crippen molar-refractivity contribution in [2.45, 2.75) is 0 Å². The van der Waals surface area contributed by atoms with E-state index in [0.29, 0.717) is 16.9 Å². The Bertz CT molecular complexity index is 934. The lowest BCUT2D eigenvalue weighted by Gasteiger charge is -2.01. The summed E-state index contributed by atoms with van der Waals surface area (Å²) in [5.41, 5.74) is 2.01. The summed E-state index contributed by atoms with van der Waals surface area (Å²) in [6.45, 7) is 0. The number of nitriles is 1. The Hall–Kier alpha value is -3.39. The van der Waals surface area contributed by atoms with Crippen LogP contribution in [0.5, 0.6) is 5.75 Å². The predicted molar refractivity (Wildman–Crippen MR) is 87.0 cm³/mol. The second-order valence-electron chi connectivity index (χ2n) is 4.90. The molecule has 0 spiro atoms. The van der Waals surface area contributed by atoms with E-state index in [1.165, 1.54) is 6.08 Å². The molecule has 0 aliphatic rings. The highest BCUT2D eigenvalue weighted by atomic mass is 16.5. The second kappa shape index (κ2) is 6.16. The van der Waals surface area contributed by atoms with Crippen molar-refractivity contribution >= 4 is 22.8 Å². The number of hydrogen-bond donors (Lipinski definition) is 1. The molecule has 112 valence electrons. The van der Waals surface area contributed by atoms with Crippen LogP contribution in [-0.4, -0.2) is 22.9 Å². The minimum Gasteiger partial charge on any atom is -0.497 e. The van der Waals surface area contributed by atoms with Gasteiger partial charge in [-0.3, -0.25) is 9.78 Å². The molecule has 5 nitrogen and oxygen atoms in total. The molecule has 0 fully saturated rings. The number of aromatic nitrogens is 2. The number of rotatable bonds is 4. The lowest BCUT2D eigenvalue weighted by molar-refractivity contribution is 0.104. The Kier molecular flexibility index (Phi) is 3.89. The van der Waals surface area contributed by atoms with E-state index in [4.69, 9.17) is 4.74 Å². The molecule has 0 aliphatic heterocycles. The Morgan fingerprint density at radius 3 is 2.96 bits per heavy atom. The molecule has 0 aliphatic carbocycles. The summed E-state index contributed by atoms with van der Waals surface area (Å²) in [4.78, 5) is 19.7. The zero-order chi connectivity index (χ0) is 16.2. The maximum atomic E-state index is 12.7. The van der Waals surface area contributed by atoms with Gasteiger partial charge < -0.3 is 9.72 Å². The summed E-state index contributed by atoms with van der Waals surface area (Å²) in [7, 11) is 1.57. The first kappa shape index (κ1) is 14.5. The van der Waals surface area contributed by atoms with E-state index >= 15 is 0 Å². The molecule has 0 amide bonds. The van der Waals surface area contributed by atoms with Gasteiger partial charge in [-0.2, -0.15) is 5.26 Å². The molecule has 3 rings (SSSR count). The smallest absolute Gasteiger partial charge is 0.205 e. The van der Waals surface area contributed by atoms with Gasteiger partial charge in [0.1, 0.15) is 17.4 Å². The molecule has 0 radical (unpaired) electrons. The Morgan fingerprint density at radius 1 is 1.39 bits per heavy atom. The highest BCUT2D eigenvalue weighted by Crippen LogP contribution is 2.25. The van der Waals surface area contributed by atoms with E-state index in [0.717, 1.165) is 10.9 Å². The number of aromatic amines is 1.